The summed E-state index contributed by atoms with van der Waals surface area (Å²) in [6.07, 6.45) is 2.64. The molecule has 1 aliphatic rings. The Morgan fingerprint density at radius 3 is 2.55 bits per heavy atom. The predicted molar refractivity (Wildman–Crippen MR) is 75.7 cm³/mol. The van der Waals surface area contributed by atoms with Gasteiger partial charge in [0.25, 0.3) is 5.91 Å². The molecule has 1 heterocycles. The zero-order chi connectivity index (χ0) is 14.5. The molecule has 2 amide bonds. The molecule has 108 valence electrons. The normalized spacial score (nSPS) is 18.5. The van der Waals surface area contributed by atoms with E-state index in [0.717, 1.165) is 19.3 Å². The molecule has 2 rings (SSSR count). The van der Waals surface area contributed by atoms with Crippen LogP contribution in [0.3, 0.4) is 0 Å². The Kier molecular flexibility index (Phi) is 4.61. The van der Waals surface area contributed by atoms with E-state index in [-0.39, 0.29) is 17.9 Å². The van der Waals surface area contributed by atoms with Gasteiger partial charge in [0.1, 0.15) is 11.8 Å². The number of carbonyl (C=O) groups excluding carboxylic acids is 2. The van der Waals surface area contributed by atoms with Crippen molar-refractivity contribution in [3.8, 4) is 5.75 Å². The highest BCUT2D eigenvalue weighted by molar-refractivity contribution is 5.97. The van der Waals surface area contributed by atoms with Crippen LogP contribution in [0, 0.1) is 0 Å². The Morgan fingerprint density at radius 2 is 1.95 bits per heavy atom. The maximum Gasteiger partial charge on any atom is 0.254 e. The molecule has 0 bridgehead atoms. The molecular formula is C15H20N2O3. The van der Waals surface area contributed by atoms with Gasteiger partial charge in [-0.2, -0.15) is 0 Å². The molecule has 0 unspecified atom stereocenters. The number of rotatable bonds is 3. The van der Waals surface area contributed by atoms with Gasteiger partial charge in [-0.3, -0.25) is 9.59 Å². The van der Waals surface area contributed by atoms with Gasteiger partial charge < -0.3 is 15.0 Å². The maximum absolute atomic E-state index is 12.5. The van der Waals surface area contributed by atoms with Gasteiger partial charge in [-0.15, -0.1) is 0 Å². The summed E-state index contributed by atoms with van der Waals surface area (Å²) in [7, 11) is 3.19. The minimum absolute atomic E-state index is 0.0911. The summed E-state index contributed by atoms with van der Waals surface area (Å²) in [5.41, 5.74) is 0.585. The van der Waals surface area contributed by atoms with Crippen LogP contribution < -0.4 is 10.1 Å². The number of benzene rings is 1. The Morgan fingerprint density at radius 1 is 1.25 bits per heavy atom. The van der Waals surface area contributed by atoms with Crippen LogP contribution in [0.5, 0.6) is 5.75 Å². The summed E-state index contributed by atoms with van der Waals surface area (Å²) >= 11 is 0. The molecule has 0 spiro atoms. The fourth-order valence-corrected chi connectivity index (χ4v) is 2.51. The number of likely N-dealkylation sites (tertiary alicyclic amines) is 1. The zero-order valence-electron chi connectivity index (χ0n) is 11.9. The van der Waals surface area contributed by atoms with Crippen LogP contribution in [0.4, 0.5) is 0 Å². The second-order valence-corrected chi connectivity index (χ2v) is 4.85. The second kappa shape index (κ2) is 6.41. The summed E-state index contributed by atoms with van der Waals surface area (Å²) in [4.78, 5) is 26.1. The van der Waals surface area contributed by atoms with E-state index < -0.39 is 0 Å². The van der Waals surface area contributed by atoms with Crippen molar-refractivity contribution in [2.75, 3.05) is 20.7 Å². The van der Waals surface area contributed by atoms with Gasteiger partial charge in [0.05, 0.1) is 7.11 Å². The minimum Gasteiger partial charge on any atom is -0.497 e. The lowest BCUT2D eigenvalue weighted by molar-refractivity contribution is -0.126. The van der Waals surface area contributed by atoms with E-state index >= 15 is 0 Å². The molecule has 0 aliphatic carbocycles. The van der Waals surface area contributed by atoms with Gasteiger partial charge in [-0.05, 0) is 43.5 Å². The molecule has 1 saturated heterocycles. The van der Waals surface area contributed by atoms with Gasteiger partial charge >= 0.3 is 0 Å². The summed E-state index contributed by atoms with van der Waals surface area (Å²) in [6, 6.07) is 6.62. The van der Waals surface area contributed by atoms with E-state index in [1.807, 2.05) is 0 Å². The number of methoxy groups -OCH3 is 1. The fraction of sp³-hybridized carbons (Fsp3) is 0.467. The first-order chi connectivity index (χ1) is 9.67. The number of nitrogens with one attached hydrogen (secondary N) is 1. The standard InChI is InChI=1S/C15H20N2O3/c1-16-14(18)13-5-3-4-10-17(13)15(19)11-6-8-12(20-2)9-7-11/h6-9,13H,3-5,10H2,1-2H3,(H,16,18)/t13-/m1/s1. The first kappa shape index (κ1) is 14.4. The van der Waals surface area contributed by atoms with E-state index in [1.165, 1.54) is 0 Å². The van der Waals surface area contributed by atoms with E-state index in [1.54, 1.807) is 43.3 Å². The second-order valence-electron chi connectivity index (χ2n) is 4.85. The Hall–Kier alpha value is -2.04. The number of hydrogen-bond acceptors (Lipinski definition) is 3. The molecule has 0 aromatic heterocycles. The molecule has 1 aromatic carbocycles. The molecule has 1 N–H and O–H groups in total. The number of nitrogens with zero attached hydrogens (tertiary/aromatic N) is 1. The van der Waals surface area contributed by atoms with Crippen LogP contribution in [0.1, 0.15) is 29.6 Å². The van der Waals surface area contributed by atoms with Gasteiger partial charge in [0.15, 0.2) is 0 Å². The molecule has 1 aromatic rings. The molecule has 5 nitrogen and oxygen atoms in total. The van der Waals surface area contributed by atoms with Crippen LogP contribution >= 0.6 is 0 Å². The highest BCUT2D eigenvalue weighted by Crippen LogP contribution is 2.21. The summed E-state index contributed by atoms with van der Waals surface area (Å²) < 4.78 is 5.08. The van der Waals surface area contributed by atoms with Crippen LogP contribution in [0.2, 0.25) is 0 Å². The summed E-state index contributed by atoms with van der Waals surface area (Å²) in [6.45, 7) is 0.628. The third-order valence-electron chi connectivity index (χ3n) is 3.65. The number of hydrogen-bond donors (Lipinski definition) is 1. The smallest absolute Gasteiger partial charge is 0.254 e. The number of piperidine rings is 1. The first-order valence-corrected chi connectivity index (χ1v) is 6.84. The lowest BCUT2D eigenvalue weighted by Gasteiger charge is -2.34. The summed E-state index contributed by atoms with van der Waals surface area (Å²) in [5.74, 6) is 0.524. The number of amides is 2. The van der Waals surface area contributed by atoms with Crippen LogP contribution in [-0.2, 0) is 4.79 Å². The first-order valence-electron chi connectivity index (χ1n) is 6.84. The quantitative estimate of drug-likeness (QED) is 0.908. The van der Waals surface area contributed by atoms with E-state index in [0.29, 0.717) is 17.9 Å². The van der Waals surface area contributed by atoms with Crippen molar-refractivity contribution < 1.29 is 14.3 Å². The van der Waals surface area contributed by atoms with Crippen molar-refractivity contribution in [3.63, 3.8) is 0 Å². The van der Waals surface area contributed by atoms with Gasteiger partial charge in [-0.1, -0.05) is 0 Å². The largest absolute Gasteiger partial charge is 0.497 e. The monoisotopic (exact) mass is 276 g/mol. The molecule has 0 saturated carbocycles. The number of carbonyl (C=O) groups is 2. The third kappa shape index (κ3) is 2.92. The Labute approximate surface area is 118 Å². The van der Waals surface area contributed by atoms with Gasteiger partial charge in [-0.25, -0.2) is 0 Å². The van der Waals surface area contributed by atoms with E-state index in [4.69, 9.17) is 4.74 Å². The molecular weight excluding hydrogens is 256 g/mol. The zero-order valence-corrected chi connectivity index (χ0v) is 11.9. The third-order valence-corrected chi connectivity index (χ3v) is 3.65. The Bertz CT molecular complexity index is 484. The molecule has 5 heteroatoms. The van der Waals surface area contributed by atoms with E-state index in [2.05, 4.69) is 5.32 Å². The number of likely N-dealkylation sites (N-methyl/N-ethyl adjacent to an activating group) is 1. The van der Waals surface area contributed by atoms with Crippen molar-refractivity contribution in [1.82, 2.24) is 10.2 Å². The van der Waals surface area contributed by atoms with Crippen molar-refractivity contribution in [1.29, 1.82) is 0 Å². The molecule has 1 aliphatic heterocycles. The van der Waals surface area contributed by atoms with Crippen LogP contribution in [0.15, 0.2) is 24.3 Å². The van der Waals surface area contributed by atoms with E-state index in [9.17, 15) is 9.59 Å². The van der Waals surface area contributed by atoms with Crippen molar-refractivity contribution in [3.05, 3.63) is 29.8 Å². The van der Waals surface area contributed by atoms with Gasteiger partial charge in [0, 0.05) is 19.2 Å². The molecule has 1 atom stereocenters. The lowest BCUT2D eigenvalue weighted by Crippen LogP contribution is -2.51. The fourth-order valence-electron chi connectivity index (χ4n) is 2.51. The van der Waals surface area contributed by atoms with Crippen molar-refractivity contribution in [2.24, 2.45) is 0 Å². The van der Waals surface area contributed by atoms with Crippen molar-refractivity contribution in [2.45, 2.75) is 25.3 Å². The highest BCUT2D eigenvalue weighted by Gasteiger charge is 2.31. The topological polar surface area (TPSA) is 58.6 Å². The summed E-state index contributed by atoms with van der Waals surface area (Å²) in [5, 5.41) is 2.64. The van der Waals surface area contributed by atoms with Crippen molar-refractivity contribution >= 4 is 11.8 Å². The number of ether oxygens (including phenoxy) is 1. The SMILES string of the molecule is CNC(=O)[C@H]1CCCCN1C(=O)c1ccc(OC)cc1. The molecule has 0 radical (unpaired) electrons. The minimum atomic E-state index is -0.358. The van der Waals surface area contributed by atoms with Crippen LogP contribution in [0.25, 0.3) is 0 Å². The van der Waals surface area contributed by atoms with Gasteiger partial charge in [0.2, 0.25) is 5.91 Å². The van der Waals surface area contributed by atoms with Crippen LogP contribution in [-0.4, -0.2) is 43.5 Å². The average Bonchev–Trinajstić information content (AvgIpc) is 2.53. The predicted octanol–water partition coefficient (Wildman–Crippen LogP) is 1.44. The Balaban J connectivity index is 2.18. The lowest BCUT2D eigenvalue weighted by atomic mass is 10.00. The maximum atomic E-state index is 12.5. The molecule has 20 heavy (non-hydrogen) atoms. The molecule has 1 fully saturated rings. The average molecular weight is 276 g/mol. The highest BCUT2D eigenvalue weighted by atomic mass is 16.5.